The lowest BCUT2D eigenvalue weighted by atomic mass is 10.1. The molecule has 0 aliphatic carbocycles. The fourth-order valence-electron chi connectivity index (χ4n) is 3.33. The predicted molar refractivity (Wildman–Crippen MR) is 129 cm³/mol. The normalized spacial score (nSPS) is 11.5. The van der Waals surface area contributed by atoms with E-state index in [4.69, 9.17) is 11.6 Å². The second-order valence-electron chi connectivity index (χ2n) is 7.34. The number of halogens is 1. The van der Waals surface area contributed by atoms with E-state index in [0.717, 1.165) is 4.68 Å². The number of benzene rings is 2. The van der Waals surface area contributed by atoms with Crippen molar-refractivity contribution in [1.29, 1.82) is 0 Å². The summed E-state index contributed by atoms with van der Waals surface area (Å²) in [5, 5.41) is 7.51. The Labute approximate surface area is 197 Å². The number of hydrogen-bond donors (Lipinski definition) is 1. The van der Waals surface area contributed by atoms with Crippen LogP contribution < -0.4 is 10.9 Å². The molecule has 0 saturated heterocycles. The lowest BCUT2D eigenvalue weighted by Crippen LogP contribution is -2.31. The van der Waals surface area contributed by atoms with Crippen LogP contribution in [-0.2, 0) is 21.4 Å². The average Bonchev–Trinajstić information content (AvgIpc) is 2.78. The van der Waals surface area contributed by atoms with Gasteiger partial charge in [0.2, 0.25) is 15.9 Å². The third-order valence-electron chi connectivity index (χ3n) is 5.10. The van der Waals surface area contributed by atoms with Crippen LogP contribution in [0.3, 0.4) is 0 Å². The van der Waals surface area contributed by atoms with Gasteiger partial charge in [-0.15, -0.1) is 0 Å². The summed E-state index contributed by atoms with van der Waals surface area (Å²) in [6.07, 6.45) is 0. The summed E-state index contributed by atoms with van der Waals surface area (Å²) >= 11 is 5.85. The van der Waals surface area contributed by atoms with Gasteiger partial charge < -0.3 is 5.32 Å². The van der Waals surface area contributed by atoms with E-state index in [1.807, 2.05) is 0 Å². The van der Waals surface area contributed by atoms with Crippen LogP contribution in [0.2, 0.25) is 5.02 Å². The molecule has 1 N–H and O–H groups in total. The highest BCUT2D eigenvalue weighted by molar-refractivity contribution is 7.89. The van der Waals surface area contributed by atoms with Crippen molar-refractivity contribution in [3.05, 3.63) is 75.5 Å². The molecule has 3 rings (SSSR count). The fraction of sp³-hybridized carbons (Fsp3) is 0.261. The highest BCUT2D eigenvalue weighted by Gasteiger charge is 2.24. The zero-order valence-electron chi connectivity index (χ0n) is 18.6. The quantitative estimate of drug-likeness (QED) is 0.522. The number of carbonyl (C=O) groups is 1. The van der Waals surface area contributed by atoms with E-state index in [-0.39, 0.29) is 11.4 Å². The van der Waals surface area contributed by atoms with E-state index in [0.29, 0.717) is 40.6 Å². The number of rotatable bonds is 8. The van der Waals surface area contributed by atoms with Gasteiger partial charge in [0.05, 0.1) is 10.6 Å². The maximum absolute atomic E-state index is 13.0. The van der Waals surface area contributed by atoms with Gasteiger partial charge >= 0.3 is 0 Å². The predicted octanol–water partition coefficient (Wildman–Crippen LogP) is 3.54. The van der Waals surface area contributed by atoms with Crippen LogP contribution in [0.25, 0.3) is 11.3 Å². The number of aromatic nitrogens is 2. The third kappa shape index (κ3) is 5.68. The number of aryl methyl sites for hydroxylation is 1. The zero-order valence-corrected chi connectivity index (χ0v) is 20.2. The zero-order chi connectivity index (χ0) is 24.2. The summed E-state index contributed by atoms with van der Waals surface area (Å²) < 4.78 is 28.5. The van der Waals surface area contributed by atoms with Crippen LogP contribution in [0.1, 0.15) is 19.4 Å². The van der Waals surface area contributed by atoms with Crippen molar-refractivity contribution in [2.75, 3.05) is 18.4 Å². The molecule has 1 amide bonds. The number of carbonyl (C=O) groups excluding carboxylic acids is 1. The molecule has 0 saturated carbocycles. The lowest BCUT2D eigenvalue weighted by molar-refractivity contribution is -0.117. The van der Waals surface area contributed by atoms with Crippen molar-refractivity contribution < 1.29 is 13.2 Å². The highest BCUT2D eigenvalue weighted by Crippen LogP contribution is 2.26. The maximum atomic E-state index is 13.0. The highest BCUT2D eigenvalue weighted by atomic mass is 35.5. The molecule has 0 bridgehead atoms. The molecule has 10 heteroatoms. The number of sulfonamides is 1. The molecular formula is C23H25ClN4O4S. The van der Waals surface area contributed by atoms with Gasteiger partial charge in [-0.3, -0.25) is 9.59 Å². The molecule has 8 nitrogen and oxygen atoms in total. The van der Waals surface area contributed by atoms with Crippen molar-refractivity contribution in [3.63, 3.8) is 0 Å². The standard InChI is InChI=1S/C23H25ClN4O4S/c1-4-27(5-2)33(31,32)21-14-17(7-6-16(21)3)20-12-13-23(30)28(26-20)15-22(29)25-19-10-8-18(24)9-11-19/h6-14H,4-5,15H2,1-3H3,(H,25,29). The Bertz CT molecular complexity index is 1320. The second-order valence-corrected chi connectivity index (χ2v) is 9.68. The Kier molecular flexibility index (Phi) is 7.68. The van der Waals surface area contributed by atoms with Crippen LogP contribution in [0.4, 0.5) is 5.69 Å². The van der Waals surface area contributed by atoms with Gasteiger partial charge in [0.15, 0.2) is 0 Å². The van der Waals surface area contributed by atoms with E-state index in [1.54, 1.807) is 63.2 Å². The molecule has 3 aromatic rings. The minimum absolute atomic E-state index is 0.184. The van der Waals surface area contributed by atoms with Crippen molar-refractivity contribution >= 4 is 33.2 Å². The molecule has 1 aromatic heterocycles. The number of hydrogen-bond acceptors (Lipinski definition) is 5. The molecule has 33 heavy (non-hydrogen) atoms. The first kappa shape index (κ1) is 24.6. The van der Waals surface area contributed by atoms with Crippen LogP contribution in [0, 0.1) is 6.92 Å². The van der Waals surface area contributed by atoms with Gasteiger partial charge in [-0.1, -0.05) is 37.6 Å². The third-order valence-corrected chi connectivity index (χ3v) is 7.54. The van der Waals surface area contributed by atoms with E-state index in [1.165, 1.54) is 16.4 Å². The van der Waals surface area contributed by atoms with Crippen LogP contribution >= 0.6 is 11.6 Å². The molecule has 0 spiro atoms. The van der Waals surface area contributed by atoms with Gasteiger partial charge in [-0.05, 0) is 48.9 Å². The molecule has 0 aliphatic rings. The molecule has 1 heterocycles. The summed E-state index contributed by atoms with van der Waals surface area (Å²) in [4.78, 5) is 24.9. The molecule has 0 unspecified atom stereocenters. The smallest absolute Gasteiger partial charge is 0.267 e. The Morgan fingerprint density at radius 2 is 1.73 bits per heavy atom. The van der Waals surface area contributed by atoms with Crippen LogP contribution in [-0.4, -0.2) is 41.5 Å². The minimum Gasteiger partial charge on any atom is -0.324 e. The van der Waals surface area contributed by atoms with Crippen LogP contribution in [0.5, 0.6) is 0 Å². The first-order valence-corrected chi connectivity index (χ1v) is 12.2. The topological polar surface area (TPSA) is 101 Å². The number of anilines is 1. The molecular weight excluding hydrogens is 464 g/mol. The van der Waals surface area contributed by atoms with Gasteiger partial charge in [-0.25, -0.2) is 13.1 Å². The molecule has 0 fully saturated rings. The number of nitrogens with one attached hydrogen (secondary N) is 1. The summed E-state index contributed by atoms with van der Waals surface area (Å²) in [5.41, 5.74) is 1.61. The Morgan fingerprint density at radius 3 is 2.36 bits per heavy atom. The van der Waals surface area contributed by atoms with Crippen molar-refractivity contribution in [2.45, 2.75) is 32.2 Å². The van der Waals surface area contributed by atoms with Gasteiger partial charge in [-0.2, -0.15) is 9.40 Å². The van der Waals surface area contributed by atoms with Crippen LogP contribution in [0.15, 0.2) is 64.3 Å². The SMILES string of the molecule is CCN(CC)S(=O)(=O)c1cc(-c2ccc(=O)n(CC(=O)Nc3ccc(Cl)cc3)n2)ccc1C. The Hall–Kier alpha value is -3.01. The summed E-state index contributed by atoms with van der Waals surface area (Å²) in [5.74, 6) is -0.433. The first-order valence-electron chi connectivity index (χ1n) is 10.4. The summed E-state index contributed by atoms with van der Waals surface area (Å²) in [6, 6.07) is 14.4. The lowest BCUT2D eigenvalue weighted by Gasteiger charge is -2.20. The number of nitrogens with zero attached hydrogens (tertiary/aromatic N) is 3. The second kappa shape index (κ2) is 10.3. The van der Waals surface area contributed by atoms with Crippen molar-refractivity contribution in [2.24, 2.45) is 0 Å². The molecule has 2 aromatic carbocycles. The summed E-state index contributed by atoms with van der Waals surface area (Å²) in [7, 11) is -3.67. The maximum Gasteiger partial charge on any atom is 0.267 e. The molecule has 0 atom stereocenters. The minimum atomic E-state index is -3.67. The monoisotopic (exact) mass is 488 g/mol. The number of amides is 1. The summed E-state index contributed by atoms with van der Waals surface area (Å²) in [6.45, 7) is 5.71. The Morgan fingerprint density at radius 1 is 1.06 bits per heavy atom. The van der Waals surface area contributed by atoms with E-state index in [9.17, 15) is 18.0 Å². The molecule has 174 valence electrons. The van der Waals surface area contributed by atoms with Crippen molar-refractivity contribution in [1.82, 2.24) is 14.1 Å². The van der Waals surface area contributed by atoms with Crippen molar-refractivity contribution in [3.8, 4) is 11.3 Å². The average molecular weight is 489 g/mol. The molecule has 0 radical (unpaired) electrons. The Balaban J connectivity index is 1.91. The van der Waals surface area contributed by atoms with E-state index >= 15 is 0 Å². The molecule has 0 aliphatic heterocycles. The fourth-order valence-corrected chi connectivity index (χ4v) is 5.16. The van der Waals surface area contributed by atoms with E-state index in [2.05, 4.69) is 10.4 Å². The van der Waals surface area contributed by atoms with Gasteiger partial charge in [0.1, 0.15) is 6.54 Å². The van der Waals surface area contributed by atoms with Gasteiger partial charge in [0, 0.05) is 35.4 Å². The van der Waals surface area contributed by atoms with E-state index < -0.39 is 21.5 Å². The van der Waals surface area contributed by atoms with Gasteiger partial charge in [0.25, 0.3) is 5.56 Å². The largest absolute Gasteiger partial charge is 0.324 e. The first-order chi connectivity index (χ1) is 15.6.